The minimum Gasteiger partial charge on any atom is -0.494 e. The fraction of sp³-hybridized carbons (Fsp3) is 0.526. The third kappa shape index (κ3) is 8.00. The molecule has 26 heavy (non-hydrogen) atoms. The van der Waals surface area contributed by atoms with Gasteiger partial charge in [-0.2, -0.15) is 0 Å². The molecule has 0 aliphatic rings. The maximum atomic E-state index is 12.0. The van der Waals surface area contributed by atoms with E-state index in [-0.39, 0.29) is 19.6 Å². The first-order chi connectivity index (χ1) is 12.5. The topological polar surface area (TPSA) is 90.9 Å². The van der Waals surface area contributed by atoms with Gasteiger partial charge in [-0.25, -0.2) is 9.59 Å². The first kappa shape index (κ1) is 21.5. The lowest BCUT2D eigenvalue weighted by atomic mass is 10.2. The quantitative estimate of drug-likeness (QED) is 0.367. The SMILES string of the molecule is CCOC(=O)C(NC(=O)CCCCOc1cccc(C)c1)C(=O)OCC. The first-order valence-corrected chi connectivity index (χ1v) is 8.80. The third-order valence-corrected chi connectivity index (χ3v) is 3.41. The van der Waals surface area contributed by atoms with Gasteiger partial charge < -0.3 is 19.5 Å². The van der Waals surface area contributed by atoms with Gasteiger partial charge in [-0.05, 0) is 51.3 Å². The van der Waals surface area contributed by atoms with E-state index in [1.807, 2.05) is 31.2 Å². The minimum atomic E-state index is -1.43. The molecule has 7 heteroatoms. The number of unbranched alkanes of at least 4 members (excludes halogenated alkanes) is 1. The van der Waals surface area contributed by atoms with Crippen molar-refractivity contribution in [2.45, 2.75) is 46.1 Å². The van der Waals surface area contributed by atoms with Crippen LogP contribution in [0.3, 0.4) is 0 Å². The van der Waals surface area contributed by atoms with Crippen molar-refractivity contribution in [3.8, 4) is 5.75 Å². The predicted octanol–water partition coefficient (Wildman–Crippen LogP) is 2.16. The lowest BCUT2D eigenvalue weighted by Crippen LogP contribution is -2.48. The number of benzene rings is 1. The van der Waals surface area contributed by atoms with E-state index >= 15 is 0 Å². The Kier molecular flexibility index (Phi) is 9.82. The molecular formula is C19H27NO6. The van der Waals surface area contributed by atoms with E-state index in [1.165, 1.54) is 0 Å². The molecule has 0 spiro atoms. The molecule has 0 saturated heterocycles. The zero-order chi connectivity index (χ0) is 19.4. The number of rotatable bonds is 11. The van der Waals surface area contributed by atoms with Gasteiger partial charge in [-0.15, -0.1) is 0 Å². The molecule has 0 saturated carbocycles. The molecule has 1 rings (SSSR count). The van der Waals surface area contributed by atoms with Gasteiger partial charge in [0.1, 0.15) is 5.75 Å². The van der Waals surface area contributed by atoms with Gasteiger partial charge in [0.25, 0.3) is 0 Å². The molecule has 0 unspecified atom stereocenters. The van der Waals surface area contributed by atoms with Crippen LogP contribution in [0.4, 0.5) is 0 Å². The van der Waals surface area contributed by atoms with Crippen molar-refractivity contribution in [1.82, 2.24) is 5.32 Å². The van der Waals surface area contributed by atoms with Gasteiger partial charge in [0, 0.05) is 6.42 Å². The van der Waals surface area contributed by atoms with Crippen LogP contribution in [0.5, 0.6) is 5.75 Å². The summed E-state index contributed by atoms with van der Waals surface area (Å²) in [5, 5.41) is 2.37. The maximum absolute atomic E-state index is 12.0. The van der Waals surface area contributed by atoms with Gasteiger partial charge in [-0.1, -0.05) is 12.1 Å². The van der Waals surface area contributed by atoms with E-state index in [2.05, 4.69) is 5.32 Å². The molecule has 0 fully saturated rings. The van der Waals surface area contributed by atoms with Crippen molar-refractivity contribution in [3.05, 3.63) is 29.8 Å². The van der Waals surface area contributed by atoms with E-state index in [0.717, 1.165) is 11.3 Å². The molecule has 1 aromatic carbocycles. The summed E-state index contributed by atoms with van der Waals surface area (Å²) >= 11 is 0. The number of carbonyl (C=O) groups excluding carboxylic acids is 3. The summed E-state index contributed by atoms with van der Waals surface area (Å²) < 4.78 is 15.2. The summed E-state index contributed by atoms with van der Waals surface area (Å²) in [4.78, 5) is 35.6. The normalized spacial score (nSPS) is 10.3. The molecule has 1 aromatic rings. The molecule has 0 aliphatic carbocycles. The molecule has 0 bridgehead atoms. The highest BCUT2D eigenvalue weighted by Gasteiger charge is 2.30. The van der Waals surface area contributed by atoms with Crippen LogP contribution in [0.1, 0.15) is 38.7 Å². The second kappa shape index (κ2) is 11.9. The highest BCUT2D eigenvalue weighted by molar-refractivity contribution is 6.02. The number of ether oxygens (including phenoxy) is 3. The van der Waals surface area contributed by atoms with Crippen molar-refractivity contribution < 1.29 is 28.6 Å². The monoisotopic (exact) mass is 365 g/mol. The number of nitrogens with one attached hydrogen (secondary N) is 1. The second-order valence-corrected chi connectivity index (χ2v) is 5.63. The number of amides is 1. The van der Waals surface area contributed by atoms with Gasteiger partial charge >= 0.3 is 11.9 Å². The maximum Gasteiger partial charge on any atom is 0.340 e. The lowest BCUT2D eigenvalue weighted by Gasteiger charge is -2.15. The Bertz CT molecular complexity index is 583. The number of hydrogen-bond acceptors (Lipinski definition) is 6. The molecule has 0 radical (unpaired) electrons. The highest BCUT2D eigenvalue weighted by atomic mass is 16.6. The zero-order valence-corrected chi connectivity index (χ0v) is 15.6. The molecule has 144 valence electrons. The summed E-state index contributed by atoms with van der Waals surface area (Å²) in [7, 11) is 0. The van der Waals surface area contributed by atoms with E-state index in [9.17, 15) is 14.4 Å². The Labute approximate surface area is 154 Å². The van der Waals surface area contributed by atoms with Crippen LogP contribution in [0, 0.1) is 6.92 Å². The summed E-state index contributed by atoms with van der Waals surface area (Å²) in [5.74, 6) is -1.25. The first-order valence-electron chi connectivity index (χ1n) is 8.80. The van der Waals surface area contributed by atoms with E-state index in [1.54, 1.807) is 13.8 Å². The standard InChI is InChI=1S/C19H27NO6/c1-4-24-18(22)17(19(23)25-5-2)20-16(21)11-6-7-12-26-15-10-8-9-14(3)13-15/h8-10,13,17H,4-7,11-12H2,1-3H3,(H,20,21). The number of hydrogen-bond donors (Lipinski definition) is 1. The average Bonchev–Trinajstić information content (AvgIpc) is 2.59. The number of esters is 2. The molecule has 0 aromatic heterocycles. The van der Waals surface area contributed by atoms with Gasteiger partial charge in [0.05, 0.1) is 19.8 Å². The zero-order valence-electron chi connectivity index (χ0n) is 15.6. The Balaban J connectivity index is 2.35. The fourth-order valence-electron chi connectivity index (χ4n) is 2.18. The lowest BCUT2D eigenvalue weighted by molar-refractivity contribution is -0.159. The molecule has 0 heterocycles. The Morgan fingerprint density at radius 3 is 2.27 bits per heavy atom. The minimum absolute atomic E-state index is 0.112. The molecule has 1 N–H and O–H groups in total. The molecular weight excluding hydrogens is 338 g/mol. The van der Waals surface area contributed by atoms with Crippen molar-refractivity contribution in [1.29, 1.82) is 0 Å². The van der Waals surface area contributed by atoms with E-state index < -0.39 is 23.9 Å². The Morgan fingerprint density at radius 1 is 1.04 bits per heavy atom. The number of aryl methyl sites for hydroxylation is 1. The summed E-state index contributed by atoms with van der Waals surface area (Å²) in [6, 6.07) is 6.30. The van der Waals surface area contributed by atoms with Gasteiger partial charge in [0.2, 0.25) is 11.9 Å². The average molecular weight is 365 g/mol. The molecule has 0 atom stereocenters. The van der Waals surface area contributed by atoms with Gasteiger partial charge in [-0.3, -0.25) is 4.79 Å². The van der Waals surface area contributed by atoms with Crippen LogP contribution in [0.15, 0.2) is 24.3 Å². The largest absolute Gasteiger partial charge is 0.494 e. The molecule has 1 amide bonds. The predicted molar refractivity (Wildman–Crippen MR) is 95.7 cm³/mol. The summed E-state index contributed by atoms with van der Waals surface area (Å²) in [5.41, 5.74) is 1.12. The van der Waals surface area contributed by atoms with Crippen LogP contribution >= 0.6 is 0 Å². The Morgan fingerprint density at radius 2 is 1.69 bits per heavy atom. The van der Waals surface area contributed by atoms with Crippen LogP contribution in [-0.4, -0.2) is 43.7 Å². The summed E-state index contributed by atoms with van der Waals surface area (Å²) in [6.45, 7) is 5.94. The van der Waals surface area contributed by atoms with Crippen molar-refractivity contribution in [2.24, 2.45) is 0 Å². The molecule has 7 nitrogen and oxygen atoms in total. The van der Waals surface area contributed by atoms with Crippen LogP contribution in [-0.2, 0) is 23.9 Å². The summed E-state index contributed by atoms with van der Waals surface area (Å²) in [6.07, 6.45) is 1.41. The molecule has 0 aliphatic heterocycles. The van der Waals surface area contributed by atoms with Crippen molar-refractivity contribution in [3.63, 3.8) is 0 Å². The second-order valence-electron chi connectivity index (χ2n) is 5.63. The highest BCUT2D eigenvalue weighted by Crippen LogP contribution is 2.13. The van der Waals surface area contributed by atoms with Crippen molar-refractivity contribution in [2.75, 3.05) is 19.8 Å². The number of carbonyl (C=O) groups is 3. The Hall–Kier alpha value is -2.57. The van der Waals surface area contributed by atoms with Crippen LogP contribution in [0.25, 0.3) is 0 Å². The van der Waals surface area contributed by atoms with Crippen molar-refractivity contribution >= 4 is 17.8 Å². The van der Waals surface area contributed by atoms with E-state index in [4.69, 9.17) is 14.2 Å². The van der Waals surface area contributed by atoms with Gasteiger partial charge in [0.15, 0.2) is 0 Å². The third-order valence-electron chi connectivity index (χ3n) is 3.41. The van der Waals surface area contributed by atoms with Crippen LogP contribution in [0.2, 0.25) is 0 Å². The van der Waals surface area contributed by atoms with E-state index in [0.29, 0.717) is 19.4 Å². The van der Waals surface area contributed by atoms with Crippen LogP contribution < -0.4 is 10.1 Å². The smallest absolute Gasteiger partial charge is 0.340 e. The fourth-order valence-corrected chi connectivity index (χ4v) is 2.18.